The van der Waals surface area contributed by atoms with Gasteiger partial charge in [0.05, 0.1) is 17.4 Å². The van der Waals surface area contributed by atoms with E-state index in [1.54, 1.807) is 6.20 Å². The number of nitrogens with zero attached hydrogens (tertiary/aromatic N) is 4. The van der Waals surface area contributed by atoms with E-state index >= 15 is 0 Å². The lowest BCUT2D eigenvalue weighted by atomic mass is 10.1. The predicted octanol–water partition coefficient (Wildman–Crippen LogP) is 4.42. The largest absolute Gasteiger partial charge is 0.346 e. The third-order valence-electron chi connectivity index (χ3n) is 4.16. The highest BCUT2D eigenvalue weighted by molar-refractivity contribution is 5.62. The van der Waals surface area contributed by atoms with Gasteiger partial charge < -0.3 is 5.32 Å². The Morgan fingerprint density at radius 3 is 2.48 bits per heavy atom. The zero-order chi connectivity index (χ0) is 17.8. The van der Waals surface area contributed by atoms with Gasteiger partial charge in [-0.3, -0.25) is 9.97 Å². The first-order chi connectivity index (χ1) is 12.1. The number of pyridine rings is 2. The molecule has 5 heteroatoms. The zero-order valence-electron chi connectivity index (χ0n) is 15.1. The van der Waals surface area contributed by atoms with E-state index < -0.39 is 0 Å². The number of anilines is 1. The average Bonchev–Trinajstić information content (AvgIpc) is 2.60. The fourth-order valence-electron chi connectivity index (χ4n) is 2.83. The highest BCUT2D eigenvalue weighted by atomic mass is 15.1. The number of aryl methyl sites for hydroxylation is 3. The maximum atomic E-state index is 4.68. The van der Waals surface area contributed by atoms with Gasteiger partial charge in [0.2, 0.25) is 5.95 Å². The van der Waals surface area contributed by atoms with E-state index in [-0.39, 0.29) is 6.04 Å². The lowest BCUT2D eigenvalue weighted by molar-refractivity contribution is 0.713. The van der Waals surface area contributed by atoms with Crippen LogP contribution in [0.5, 0.6) is 0 Å². The van der Waals surface area contributed by atoms with Gasteiger partial charge in [0.15, 0.2) is 0 Å². The second-order valence-electron chi connectivity index (χ2n) is 6.21. The summed E-state index contributed by atoms with van der Waals surface area (Å²) in [6.45, 7) is 8.19. The highest BCUT2D eigenvalue weighted by Gasteiger charge is 2.13. The molecule has 0 spiro atoms. The molecule has 3 aromatic rings. The SMILES string of the molecule is CC[C@H](Nc1nccc(-c2ccc(C)nc2C)n1)c1cc(C)ccn1. The topological polar surface area (TPSA) is 63.6 Å². The van der Waals surface area contributed by atoms with Gasteiger partial charge in [-0.15, -0.1) is 0 Å². The summed E-state index contributed by atoms with van der Waals surface area (Å²) in [5.74, 6) is 0.604. The second-order valence-corrected chi connectivity index (χ2v) is 6.21. The molecule has 0 saturated heterocycles. The monoisotopic (exact) mass is 333 g/mol. The van der Waals surface area contributed by atoms with Crippen LogP contribution in [0, 0.1) is 20.8 Å². The maximum Gasteiger partial charge on any atom is 0.223 e. The third kappa shape index (κ3) is 3.99. The normalized spacial score (nSPS) is 12.0. The van der Waals surface area contributed by atoms with Crippen LogP contribution in [0.2, 0.25) is 0 Å². The van der Waals surface area contributed by atoms with Crippen molar-refractivity contribution in [1.29, 1.82) is 0 Å². The quantitative estimate of drug-likeness (QED) is 0.748. The first-order valence-corrected chi connectivity index (χ1v) is 8.53. The molecule has 5 nitrogen and oxygen atoms in total. The van der Waals surface area contributed by atoms with Gasteiger partial charge in [-0.1, -0.05) is 6.92 Å². The molecule has 0 aromatic carbocycles. The second kappa shape index (κ2) is 7.38. The molecule has 0 aliphatic carbocycles. The highest BCUT2D eigenvalue weighted by Crippen LogP contribution is 2.23. The zero-order valence-corrected chi connectivity index (χ0v) is 15.1. The van der Waals surface area contributed by atoms with Gasteiger partial charge in [0, 0.05) is 29.3 Å². The molecule has 3 aromatic heterocycles. The van der Waals surface area contributed by atoms with E-state index in [2.05, 4.69) is 51.2 Å². The molecule has 0 saturated carbocycles. The van der Waals surface area contributed by atoms with Crippen LogP contribution in [0.4, 0.5) is 5.95 Å². The van der Waals surface area contributed by atoms with Crippen molar-refractivity contribution in [2.45, 2.75) is 40.2 Å². The number of hydrogen-bond acceptors (Lipinski definition) is 5. The van der Waals surface area contributed by atoms with Crippen LogP contribution in [0.15, 0.2) is 42.7 Å². The molecule has 1 atom stereocenters. The number of nitrogens with one attached hydrogen (secondary N) is 1. The Labute approximate surface area is 148 Å². The van der Waals surface area contributed by atoms with Gasteiger partial charge in [-0.05, 0) is 63.1 Å². The lowest BCUT2D eigenvalue weighted by Crippen LogP contribution is -2.13. The van der Waals surface area contributed by atoms with Crippen molar-refractivity contribution in [3.63, 3.8) is 0 Å². The Kier molecular flexibility index (Phi) is 5.03. The van der Waals surface area contributed by atoms with Crippen molar-refractivity contribution in [3.05, 3.63) is 65.4 Å². The first-order valence-electron chi connectivity index (χ1n) is 8.53. The molecular formula is C20H23N5. The molecule has 0 unspecified atom stereocenters. The van der Waals surface area contributed by atoms with Crippen molar-refractivity contribution >= 4 is 5.95 Å². The van der Waals surface area contributed by atoms with Crippen molar-refractivity contribution in [3.8, 4) is 11.3 Å². The Hall–Kier alpha value is -2.82. The Morgan fingerprint density at radius 2 is 1.76 bits per heavy atom. The minimum absolute atomic E-state index is 0.0763. The summed E-state index contributed by atoms with van der Waals surface area (Å²) in [5.41, 5.74) is 6.07. The van der Waals surface area contributed by atoms with Gasteiger partial charge in [-0.2, -0.15) is 0 Å². The minimum atomic E-state index is 0.0763. The predicted molar refractivity (Wildman–Crippen MR) is 100 cm³/mol. The lowest BCUT2D eigenvalue weighted by Gasteiger charge is -2.17. The molecule has 0 amide bonds. The van der Waals surface area contributed by atoms with Crippen LogP contribution in [0.25, 0.3) is 11.3 Å². The van der Waals surface area contributed by atoms with Gasteiger partial charge in [0.25, 0.3) is 0 Å². The van der Waals surface area contributed by atoms with E-state index in [9.17, 15) is 0 Å². The summed E-state index contributed by atoms with van der Waals surface area (Å²) in [4.78, 5) is 18.1. The third-order valence-corrected chi connectivity index (χ3v) is 4.16. The van der Waals surface area contributed by atoms with E-state index in [1.807, 2.05) is 38.2 Å². The summed E-state index contributed by atoms with van der Waals surface area (Å²) in [7, 11) is 0. The summed E-state index contributed by atoms with van der Waals surface area (Å²) in [6.07, 6.45) is 4.52. The number of rotatable bonds is 5. The molecule has 3 rings (SSSR count). The number of hydrogen-bond donors (Lipinski definition) is 1. The fraction of sp³-hybridized carbons (Fsp3) is 0.300. The van der Waals surface area contributed by atoms with Crippen LogP contribution >= 0.6 is 0 Å². The van der Waals surface area contributed by atoms with E-state index in [0.717, 1.165) is 34.8 Å². The molecule has 3 heterocycles. The van der Waals surface area contributed by atoms with Crippen molar-refractivity contribution in [2.24, 2.45) is 0 Å². The number of aromatic nitrogens is 4. The van der Waals surface area contributed by atoms with Crippen molar-refractivity contribution in [2.75, 3.05) is 5.32 Å². The van der Waals surface area contributed by atoms with E-state index in [0.29, 0.717) is 5.95 Å². The van der Waals surface area contributed by atoms with Crippen LogP contribution in [0.1, 0.15) is 42.0 Å². The Morgan fingerprint density at radius 1 is 0.960 bits per heavy atom. The summed E-state index contributed by atoms with van der Waals surface area (Å²) in [5, 5.41) is 3.41. The molecule has 128 valence electrons. The smallest absolute Gasteiger partial charge is 0.223 e. The van der Waals surface area contributed by atoms with Gasteiger partial charge >= 0.3 is 0 Å². The van der Waals surface area contributed by atoms with Gasteiger partial charge in [-0.25, -0.2) is 9.97 Å². The molecule has 0 radical (unpaired) electrons. The van der Waals surface area contributed by atoms with Crippen molar-refractivity contribution in [1.82, 2.24) is 19.9 Å². The molecule has 0 bridgehead atoms. The van der Waals surface area contributed by atoms with Crippen LogP contribution in [-0.2, 0) is 0 Å². The Bertz CT molecular complexity index is 875. The van der Waals surface area contributed by atoms with Crippen LogP contribution < -0.4 is 5.32 Å². The van der Waals surface area contributed by atoms with Crippen molar-refractivity contribution < 1.29 is 0 Å². The van der Waals surface area contributed by atoms with Crippen LogP contribution in [0.3, 0.4) is 0 Å². The standard InChI is InChI=1S/C20H23N5/c1-5-17(19-12-13(2)8-10-21-19)24-20-22-11-9-18(25-20)16-7-6-14(3)23-15(16)4/h6-12,17H,5H2,1-4H3,(H,22,24,25)/t17-/m0/s1. The fourth-order valence-corrected chi connectivity index (χ4v) is 2.83. The average molecular weight is 333 g/mol. The maximum absolute atomic E-state index is 4.68. The minimum Gasteiger partial charge on any atom is -0.346 e. The van der Waals surface area contributed by atoms with E-state index in [1.165, 1.54) is 5.56 Å². The molecule has 1 N–H and O–H groups in total. The molecule has 0 fully saturated rings. The van der Waals surface area contributed by atoms with Crippen LogP contribution in [-0.4, -0.2) is 19.9 Å². The molecule has 0 aliphatic rings. The summed E-state index contributed by atoms with van der Waals surface area (Å²) < 4.78 is 0. The summed E-state index contributed by atoms with van der Waals surface area (Å²) in [6, 6.07) is 10.1. The molecule has 25 heavy (non-hydrogen) atoms. The molecule has 0 aliphatic heterocycles. The van der Waals surface area contributed by atoms with E-state index in [4.69, 9.17) is 0 Å². The van der Waals surface area contributed by atoms with Gasteiger partial charge in [0.1, 0.15) is 0 Å². The first kappa shape index (κ1) is 17.0. The summed E-state index contributed by atoms with van der Waals surface area (Å²) >= 11 is 0. The Balaban J connectivity index is 1.88. The molecular weight excluding hydrogens is 310 g/mol.